The molecule has 3 nitrogen and oxygen atoms in total. The number of hydrogen-bond acceptors (Lipinski definition) is 2. The van der Waals surface area contributed by atoms with Crippen molar-refractivity contribution < 1.29 is 4.79 Å². The summed E-state index contributed by atoms with van der Waals surface area (Å²) in [7, 11) is 0. The van der Waals surface area contributed by atoms with E-state index in [-0.39, 0.29) is 11.7 Å². The summed E-state index contributed by atoms with van der Waals surface area (Å²) in [6.07, 6.45) is 4.45. The van der Waals surface area contributed by atoms with E-state index in [2.05, 4.69) is 12.0 Å². The molecule has 0 fully saturated rings. The van der Waals surface area contributed by atoms with Crippen LogP contribution in [0.15, 0.2) is 24.5 Å². The van der Waals surface area contributed by atoms with Crippen LogP contribution in [0.25, 0.3) is 5.69 Å². The van der Waals surface area contributed by atoms with Crippen LogP contribution >= 0.6 is 23.2 Å². The van der Waals surface area contributed by atoms with Gasteiger partial charge in [0.25, 0.3) is 0 Å². The van der Waals surface area contributed by atoms with Crippen LogP contribution in [0.3, 0.4) is 0 Å². The molecule has 2 aromatic rings. The van der Waals surface area contributed by atoms with Gasteiger partial charge in [0, 0.05) is 12.6 Å². The molecule has 1 aromatic carbocycles. The van der Waals surface area contributed by atoms with E-state index in [1.54, 1.807) is 17.1 Å². The quantitative estimate of drug-likeness (QED) is 0.806. The fraction of sp³-hybridized carbons (Fsp3) is 0.286. The minimum Gasteiger partial charge on any atom is -0.281 e. The summed E-state index contributed by atoms with van der Waals surface area (Å²) in [6.45, 7) is 4.03. The molecule has 0 aliphatic heterocycles. The number of halogens is 2. The van der Waals surface area contributed by atoms with Crippen molar-refractivity contribution >= 4 is 28.4 Å². The highest BCUT2D eigenvalue weighted by molar-refractivity contribution is 6.63. The summed E-state index contributed by atoms with van der Waals surface area (Å²) in [4.78, 5) is 11.1. The highest BCUT2D eigenvalue weighted by atomic mass is 35.5. The van der Waals surface area contributed by atoms with E-state index in [0.29, 0.717) is 5.02 Å². The van der Waals surface area contributed by atoms with Crippen LogP contribution in [0, 0.1) is 6.92 Å². The molecule has 0 unspecified atom stereocenters. The Hall–Kier alpha value is -1.32. The number of carbonyl (C=O) groups excluding carboxylic acids is 1. The van der Waals surface area contributed by atoms with E-state index < -0.39 is 0 Å². The van der Waals surface area contributed by atoms with Gasteiger partial charge in [0.15, 0.2) is 0 Å². The number of aromatic nitrogens is 2. The van der Waals surface area contributed by atoms with E-state index in [1.807, 2.05) is 19.1 Å². The molecule has 19 heavy (non-hydrogen) atoms. The van der Waals surface area contributed by atoms with Gasteiger partial charge in [-0.1, -0.05) is 18.5 Å². The number of nitrogens with zero attached hydrogens (tertiary/aromatic N) is 2. The first-order valence-corrected chi connectivity index (χ1v) is 6.78. The Labute approximate surface area is 122 Å². The Kier molecular flexibility index (Phi) is 4.27. The lowest BCUT2D eigenvalue weighted by molar-refractivity contribution is -0.111. The van der Waals surface area contributed by atoms with Crippen molar-refractivity contribution in [1.29, 1.82) is 0 Å². The number of carbonyl (C=O) groups is 1. The first-order chi connectivity index (χ1) is 9.01. The summed E-state index contributed by atoms with van der Waals surface area (Å²) >= 11 is 11.4. The molecule has 1 heterocycles. The van der Waals surface area contributed by atoms with Gasteiger partial charge in [0.1, 0.15) is 0 Å². The monoisotopic (exact) mass is 296 g/mol. The first-order valence-electron chi connectivity index (χ1n) is 6.02. The van der Waals surface area contributed by atoms with Crippen molar-refractivity contribution in [2.24, 2.45) is 0 Å². The van der Waals surface area contributed by atoms with Crippen LogP contribution in [0.2, 0.25) is 5.02 Å². The zero-order valence-corrected chi connectivity index (χ0v) is 12.3. The maximum Gasteiger partial charge on any atom is 0.226 e. The Morgan fingerprint density at radius 1 is 1.42 bits per heavy atom. The molecule has 0 spiro atoms. The van der Waals surface area contributed by atoms with Crippen LogP contribution in [-0.4, -0.2) is 15.0 Å². The van der Waals surface area contributed by atoms with Crippen molar-refractivity contribution in [2.75, 3.05) is 0 Å². The Morgan fingerprint density at radius 3 is 2.68 bits per heavy atom. The lowest BCUT2D eigenvalue weighted by atomic mass is 9.97. The molecule has 0 aliphatic rings. The van der Waals surface area contributed by atoms with Gasteiger partial charge in [-0.25, -0.2) is 4.68 Å². The topological polar surface area (TPSA) is 34.9 Å². The second-order valence-electron chi connectivity index (χ2n) is 4.39. The predicted molar refractivity (Wildman–Crippen MR) is 77.3 cm³/mol. The van der Waals surface area contributed by atoms with Crippen molar-refractivity contribution in [2.45, 2.75) is 26.7 Å². The third-order valence-corrected chi connectivity index (χ3v) is 3.39. The lowest BCUT2D eigenvalue weighted by Crippen LogP contribution is -2.05. The summed E-state index contributed by atoms with van der Waals surface area (Å²) in [5.41, 5.74) is 4.09. The zero-order chi connectivity index (χ0) is 14.0. The number of benzene rings is 1. The molecule has 100 valence electrons. The Balaban J connectivity index is 2.49. The van der Waals surface area contributed by atoms with Crippen LogP contribution in [0.5, 0.6) is 0 Å². The fourth-order valence-electron chi connectivity index (χ4n) is 2.15. The van der Waals surface area contributed by atoms with Gasteiger partial charge in [-0.3, -0.25) is 4.79 Å². The SMILES string of the molecule is CCc1cc(-n2cc(Cl)cn2)cc(C)c1CC(=O)Cl. The van der Waals surface area contributed by atoms with E-state index in [0.717, 1.165) is 28.8 Å². The standard InChI is InChI=1S/C14H14Cl2N2O/c1-3-10-5-12(18-8-11(15)7-17-18)4-9(2)13(10)6-14(16)19/h4-5,7-8H,3,6H2,1-2H3. The highest BCUT2D eigenvalue weighted by Crippen LogP contribution is 2.22. The molecule has 1 aromatic heterocycles. The lowest BCUT2D eigenvalue weighted by Gasteiger charge is -2.13. The Bertz CT molecular complexity index is 620. The molecule has 0 bridgehead atoms. The third-order valence-electron chi connectivity index (χ3n) is 3.06. The predicted octanol–water partition coefficient (Wildman–Crippen LogP) is 3.70. The van der Waals surface area contributed by atoms with Gasteiger partial charge >= 0.3 is 0 Å². The average molecular weight is 297 g/mol. The van der Waals surface area contributed by atoms with Gasteiger partial charge in [-0.2, -0.15) is 5.10 Å². The van der Waals surface area contributed by atoms with Crippen molar-refractivity contribution in [1.82, 2.24) is 9.78 Å². The van der Waals surface area contributed by atoms with Crippen LogP contribution in [0.4, 0.5) is 0 Å². The smallest absolute Gasteiger partial charge is 0.226 e. The molecule has 0 amide bonds. The molecular formula is C14H14Cl2N2O. The minimum atomic E-state index is -0.340. The maximum absolute atomic E-state index is 11.1. The largest absolute Gasteiger partial charge is 0.281 e. The minimum absolute atomic E-state index is 0.261. The van der Waals surface area contributed by atoms with E-state index in [1.165, 1.54) is 0 Å². The second-order valence-corrected chi connectivity index (χ2v) is 5.25. The van der Waals surface area contributed by atoms with Gasteiger partial charge < -0.3 is 0 Å². The molecule has 0 atom stereocenters. The summed E-state index contributed by atoms with van der Waals surface area (Å²) < 4.78 is 1.72. The zero-order valence-electron chi connectivity index (χ0n) is 10.8. The van der Waals surface area contributed by atoms with Crippen LogP contribution in [0.1, 0.15) is 23.6 Å². The summed E-state index contributed by atoms with van der Waals surface area (Å²) in [5.74, 6) is 0. The molecular weight excluding hydrogens is 283 g/mol. The third kappa shape index (κ3) is 3.17. The van der Waals surface area contributed by atoms with Gasteiger partial charge in [0.2, 0.25) is 5.24 Å². The average Bonchev–Trinajstić information content (AvgIpc) is 2.77. The first kappa shape index (κ1) is 14.1. The molecule has 0 N–H and O–H groups in total. The van der Waals surface area contributed by atoms with Gasteiger partial charge in [0.05, 0.1) is 16.9 Å². The summed E-state index contributed by atoms with van der Waals surface area (Å²) in [6, 6.07) is 4.00. The van der Waals surface area contributed by atoms with E-state index in [9.17, 15) is 4.79 Å². The van der Waals surface area contributed by atoms with Gasteiger partial charge in [-0.15, -0.1) is 0 Å². The number of hydrogen-bond donors (Lipinski definition) is 0. The normalized spacial score (nSPS) is 10.7. The van der Waals surface area contributed by atoms with E-state index in [4.69, 9.17) is 23.2 Å². The van der Waals surface area contributed by atoms with E-state index >= 15 is 0 Å². The van der Waals surface area contributed by atoms with Crippen molar-refractivity contribution in [3.05, 3.63) is 46.2 Å². The van der Waals surface area contributed by atoms with Gasteiger partial charge in [-0.05, 0) is 53.8 Å². The second kappa shape index (κ2) is 5.76. The van der Waals surface area contributed by atoms with Crippen LogP contribution in [-0.2, 0) is 17.6 Å². The maximum atomic E-state index is 11.1. The number of rotatable bonds is 4. The number of aryl methyl sites for hydroxylation is 2. The molecule has 0 saturated carbocycles. The molecule has 5 heteroatoms. The van der Waals surface area contributed by atoms with Crippen molar-refractivity contribution in [3.8, 4) is 5.69 Å². The fourth-order valence-corrected chi connectivity index (χ4v) is 2.42. The summed E-state index contributed by atoms with van der Waals surface area (Å²) in [5, 5.41) is 4.44. The van der Waals surface area contributed by atoms with Crippen LogP contribution < -0.4 is 0 Å². The molecule has 0 aliphatic carbocycles. The molecule has 0 saturated heterocycles. The Morgan fingerprint density at radius 2 is 2.16 bits per heavy atom. The van der Waals surface area contributed by atoms with Crippen molar-refractivity contribution in [3.63, 3.8) is 0 Å². The molecule has 0 radical (unpaired) electrons. The molecule has 2 rings (SSSR count). The highest BCUT2D eigenvalue weighted by Gasteiger charge is 2.11.